The Kier molecular flexibility index (Phi) is 4.20. The molecular weight excluding hydrogens is 144 g/mol. The first-order chi connectivity index (χ1) is 4.93. The predicted molar refractivity (Wildman–Crippen MR) is 46.0 cm³/mol. The maximum absolute atomic E-state index is 5.50. The molecule has 1 aliphatic rings. The van der Waals surface area contributed by atoms with E-state index in [-0.39, 0.29) is 0 Å². The summed E-state index contributed by atoms with van der Waals surface area (Å²) < 4.78 is 0. The third kappa shape index (κ3) is 2.92. The van der Waals surface area contributed by atoms with Gasteiger partial charge in [-0.2, -0.15) is 0 Å². The van der Waals surface area contributed by atoms with Crippen LogP contribution in [0.4, 0.5) is 0 Å². The van der Waals surface area contributed by atoms with Gasteiger partial charge in [0.25, 0.3) is 0 Å². The van der Waals surface area contributed by atoms with E-state index >= 15 is 0 Å². The number of halogens is 1. The van der Waals surface area contributed by atoms with Gasteiger partial charge in [0.05, 0.1) is 0 Å². The highest BCUT2D eigenvalue weighted by Crippen LogP contribution is 2.27. The van der Waals surface area contributed by atoms with E-state index in [1.165, 1.54) is 38.5 Å². The molecule has 0 N–H and O–H groups in total. The Hall–Kier alpha value is 0.290. The van der Waals surface area contributed by atoms with Crippen LogP contribution >= 0.6 is 11.6 Å². The molecule has 0 saturated heterocycles. The summed E-state index contributed by atoms with van der Waals surface area (Å²) in [7, 11) is 0. The number of hydrogen-bond donors (Lipinski definition) is 0. The largest absolute Gasteiger partial charge is 0.121 e. The molecule has 1 saturated carbocycles. The van der Waals surface area contributed by atoms with Crippen LogP contribution in [0, 0.1) is 11.8 Å². The second-order valence-electron chi connectivity index (χ2n) is 3.24. The normalized spacial score (nSPS) is 21.3. The summed E-state index contributed by atoms with van der Waals surface area (Å²) in [5.74, 6) is 2.76. The molecule has 1 radical (unpaired) electrons. The van der Waals surface area contributed by atoms with Crippen molar-refractivity contribution in [2.24, 2.45) is 5.92 Å². The quantitative estimate of drug-likeness (QED) is 0.589. The SMILES string of the molecule is Cl[CH]CCC1CCCCC1. The van der Waals surface area contributed by atoms with Crippen molar-refractivity contribution in [1.82, 2.24) is 0 Å². The standard InChI is InChI=1S/C9H16Cl/c10-8-4-7-9-5-2-1-3-6-9/h8-9H,1-7H2. The van der Waals surface area contributed by atoms with Crippen LogP contribution in [0.15, 0.2) is 0 Å². The van der Waals surface area contributed by atoms with Crippen molar-refractivity contribution in [3.63, 3.8) is 0 Å². The van der Waals surface area contributed by atoms with Gasteiger partial charge in [-0.15, -0.1) is 11.6 Å². The van der Waals surface area contributed by atoms with Gasteiger partial charge in [-0.1, -0.05) is 32.1 Å². The minimum Gasteiger partial charge on any atom is -0.121 e. The molecule has 0 amide bonds. The molecule has 1 rings (SSSR count). The zero-order chi connectivity index (χ0) is 7.23. The second kappa shape index (κ2) is 5.01. The fourth-order valence-corrected chi connectivity index (χ4v) is 1.90. The van der Waals surface area contributed by atoms with Gasteiger partial charge in [-0.3, -0.25) is 0 Å². The van der Waals surface area contributed by atoms with Crippen molar-refractivity contribution < 1.29 is 0 Å². The first-order valence-electron chi connectivity index (χ1n) is 4.35. The molecule has 1 heteroatoms. The van der Waals surface area contributed by atoms with E-state index in [9.17, 15) is 0 Å². The number of hydrogen-bond acceptors (Lipinski definition) is 0. The third-order valence-corrected chi connectivity index (χ3v) is 2.63. The lowest BCUT2D eigenvalue weighted by Crippen LogP contribution is -2.05. The second-order valence-corrected chi connectivity index (χ2v) is 3.54. The monoisotopic (exact) mass is 159 g/mol. The first kappa shape index (κ1) is 8.39. The Balaban J connectivity index is 2.02. The molecule has 0 aromatic rings. The highest BCUT2D eigenvalue weighted by atomic mass is 35.5. The smallest absolute Gasteiger partial charge is 0.0499 e. The molecule has 0 bridgehead atoms. The van der Waals surface area contributed by atoms with Gasteiger partial charge in [0.15, 0.2) is 0 Å². The van der Waals surface area contributed by atoms with Gasteiger partial charge >= 0.3 is 0 Å². The topological polar surface area (TPSA) is 0 Å². The molecule has 1 aliphatic carbocycles. The van der Waals surface area contributed by atoms with Gasteiger partial charge in [-0.25, -0.2) is 0 Å². The Morgan fingerprint density at radius 1 is 1.20 bits per heavy atom. The minimum absolute atomic E-state index is 0.990. The van der Waals surface area contributed by atoms with Crippen LogP contribution in [0.3, 0.4) is 0 Å². The molecule has 0 aromatic carbocycles. The van der Waals surface area contributed by atoms with E-state index in [1.54, 1.807) is 5.88 Å². The van der Waals surface area contributed by atoms with Gasteiger partial charge in [0.1, 0.15) is 0 Å². The molecule has 59 valence electrons. The van der Waals surface area contributed by atoms with Gasteiger partial charge < -0.3 is 0 Å². The molecule has 0 heterocycles. The molecule has 0 unspecified atom stereocenters. The lowest BCUT2D eigenvalue weighted by Gasteiger charge is -2.20. The van der Waals surface area contributed by atoms with Crippen LogP contribution in [0.1, 0.15) is 44.9 Å². The fourth-order valence-electron chi connectivity index (χ4n) is 1.77. The van der Waals surface area contributed by atoms with E-state index < -0.39 is 0 Å². The van der Waals surface area contributed by atoms with Crippen molar-refractivity contribution in [2.45, 2.75) is 44.9 Å². The maximum Gasteiger partial charge on any atom is 0.0499 e. The average molecular weight is 160 g/mol. The van der Waals surface area contributed by atoms with Gasteiger partial charge in [-0.05, 0) is 18.8 Å². The molecule has 1 fully saturated rings. The third-order valence-electron chi connectivity index (χ3n) is 2.41. The maximum atomic E-state index is 5.50. The minimum atomic E-state index is 0.990. The summed E-state index contributed by atoms with van der Waals surface area (Å²) >= 11 is 5.50. The van der Waals surface area contributed by atoms with E-state index in [2.05, 4.69) is 0 Å². The van der Waals surface area contributed by atoms with Crippen LogP contribution in [0.2, 0.25) is 0 Å². The van der Waals surface area contributed by atoms with E-state index in [0.29, 0.717) is 0 Å². The van der Waals surface area contributed by atoms with Crippen LogP contribution in [-0.2, 0) is 0 Å². The van der Waals surface area contributed by atoms with Gasteiger partial charge in [0.2, 0.25) is 0 Å². The lowest BCUT2D eigenvalue weighted by atomic mass is 9.86. The van der Waals surface area contributed by atoms with Crippen LogP contribution in [0.25, 0.3) is 0 Å². The molecule has 0 spiro atoms. The average Bonchev–Trinajstić information content (AvgIpc) is 2.03. The van der Waals surface area contributed by atoms with E-state index in [1.807, 2.05) is 0 Å². The summed E-state index contributed by atoms with van der Waals surface area (Å²) in [6.07, 6.45) is 9.69. The van der Waals surface area contributed by atoms with Crippen LogP contribution < -0.4 is 0 Å². The first-order valence-corrected chi connectivity index (χ1v) is 4.79. The fraction of sp³-hybridized carbons (Fsp3) is 0.889. The van der Waals surface area contributed by atoms with Crippen molar-refractivity contribution in [1.29, 1.82) is 0 Å². The highest BCUT2D eigenvalue weighted by molar-refractivity contribution is 6.23. The Bertz CT molecular complexity index is 74.8. The van der Waals surface area contributed by atoms with Crippen molar-refractivity contribution in [2.75, 3.05) is 0 Å². The van der Waals surface area contributed by atoms with Crippen molar-refractivity contribution in [3.05, 3.63) is 5.88 Å². The zero-order valence-electron chi connectivity index (χ0n) is 6.48. The molecule has 0 atom stereocenters. The van der Waals surface area contributed by atoms with Crippen LogP contribution in [0.5, 0.6) is 0 Å². The molecule has 0 aliphatic heterocycles. The van der Waals surface area contributed by atoms with Crippen molar-refractivity contribution >= 4 is 11.6 Å². The number of rotatable bonds is 3. The van der Waals surface area contributed by atoms with Crippen LogP contribution in [-0.4, -0.2) is 0 Å². The molecule has 0 aromatic heterocycles. The Labute approximate surface area is 69.0 Å². The summed E-state index contributed by atoms with van der Waals surface area (Å²) in [4.78, 5) is 0. The van der Waals surface area contributed by atoms with E-state index in [4.69, 9.17) is 11.6 Å². The predicted octanol–water partition coefficient (Wildman–Crippen LogP) is 3.75. The highest BCUT2D eigenvalue weighted by Gasteiger charge is 2.11. The lowest BCUT2D eigenvalue weighted by molar-refractivity contribution is 0.340. The summed E-state index contributed by atoms with van der Waals surface area (Å²) in [6.45, 7) is 0. The zero-order valence-corrected chi connectivity index (χ0v) is 7.24. The summed E-state index contributed by atoms with van der Waals surface area (Å²) in [5, 5.41) is 0. The summed E-state index contributed by atoms with van der Waals surface area (Å²) in [5.41, 5.74) is 0. The molecule has 0 nitrogen and oxygen atoms in total. The molecular formula is C9H16Cl. The molecule has 10 heavy (non-hydrogen) atoms. The van der Waals surface area contributed by atoms with Gasteiger partial charge in [0, 0.05) is 5.88 Å². The van der Waals surface area contributed by atoms with Crippen molar-refractivity contribution in [3.8, 4) is 0 Å². The van der Waals surface area contributed by atoms with E-state index in [0.717, 1.165) is 12.3 Å². The Morgan fingerprint density at radius 3 is 2.50 bits per heavy atom. The summed E-state index contributed by atoms with van der Waals surface area (Å²) in [6, 6.07) is 0. The Morgan fingerprint density at radius 2 is 1.90 bits per heavy atom.